The number of hydrogen-bond acceptors (Lipinski definition) is 4. The van der Waals surface area contributed by atoms with Gasteiger partial charge in [0.05, 0.1) is 6.04 Å². The first kappa shape index (κ1) is 13.1. The molecule has 1 saturated heterocycles. The Hall–Kier alpha value is -2.60. The molecule has 0 unspecified atom stereocenters. The minimum absolute atomic E-state index is 0.186. The number of halogens is 1. The van der Waals surface area contributed by atoms with Gasteiger partial charge in [0, 0.05) is 5.69 Å². The number of nitrogens with zero attached hydrogens (tertiary/aromatic N) is 1. The summed E-state index contributed by atoms with van der Waals surface area (Å²) in [6, 6.07) is 10.4. The number of nitrogens with two attached hydrogens (primary N) is 1. The highest BCUT2D eigenvalue weighted by Crippen LogP contribution is 2.42. The number of rotatable bonds is 2. The fourth-order valence-electron chi connectivity index (χ4n) is 2.85. The summed E-state index contributed by atoms with van der Waals surface area (Å²) in [6.07, 6.45) is 0. The van der Waals surface area contributed by atoms with Crippen molar-refractivity contribution in [3.05, 3.63) is 53.8 Å². The van der Waals surface area contributed by atoms with Gasteiger partial charge in [-0.05, 0) is 42.0 Å². The Balaban J connectivity index is 1.70. The van der Waals surface area contributed by atoms with Gasteiger partial charge in [0.15, 0.2) is 11.5 Å². The van der Waals surface area contributed by atoms with Crippen LogP contribution in [0.1, 0.15) is 11.6 Å². The molecule has 0 aromatic heterocycles. The number of benzene rings is 2. The SMILES string of the molecule is N[C@@H]1C(=O)N(c2ccc(F)cc2)[C@@H]1c1ccc2c(c1)OCO2. The van der Waals surface area contributed by atoms with E-state index in [0.29, 0.717) is 17.2 Å². The Labute approximate surface area is 126 Å². The smallest absolute Gasteiger partial charge is 0.247 e. The molecule has 2 aliphatic rings. The highest BCUT2D eigenvalue weighted by atomic mass is 19.1. The maximum Gasteiger partial charge on any atom is 0.247 e. The molecule has 112 valence electrons. The van der Waals surface area contributed by atoms with Crippen LogP contribution < -0.4 is 20.1 Å². The van der Waals surface area contributed by atoms with E-state index < -0.39 is 6.04 Å². The Bertz CT molecular complexity index is 748. The van der Waals surface area contributed by atoms with E-state index in [1.165, 1.54) is 12.1 Å². The Kier molecular flexibility index (Phi) is 2.80. The summed E-state index contributed by atoms with van der Waals surface area (Å²) in [5, 5.41) is 0. The van der Waals surface area contributed by atoms with Gasteiger partial charge in [-0.25, -0.2) is 4.39 Å². The maximum atomic E-state index is 13.1. The van der Waals surface area contributed by atoms with Crippen LogP contribution >= 0.6 is 0 Å². The standard InChI is InChI=1S/C16H13FN2O3/c17-10-2-4-11(5-3-10)19-15(14(18)16(19)20)9-1-6-12-13(7-9)22-8-21-12/h1-7,14-15H,8,18H2/t14-,15+/m0/s1. The summed E-state index contributed by atoms with van der Waals surface area (Å²) in [7, 11) is 0. The first-order valence-electron chi connectivity index (χ1n) is 6.89. The lowest BCUT2D eigenvalue weighted by Crippen LogP contribution is -2.63. The molecule has 2 heterocycles. The molecule has 1 amide bonds. The quantitative estimate of drug-likeness (QED) is 0.861. The molecule has 22 heavy (non-hydrogen) atoms. The molecule has 0 bridgehead atoms. The largest absolute Gasteiger partial charge is 0.454 e. The van der Waals surface area contributed by atoms with Crippen molar-refractivity contribution in [2.45, 2.75) is 12.1 Å². The summed E-state index contributed by atoms with van der Waals surface area (Å²) in [4.78, 5) is 13.7. The molecule has 2 aromatic carbocycles. The van der Waals surface area contributed by atoms with Crippen LogP contribution in [0.15, 0.2) is 42.5 Å². The van der Waals surface area contributed by atoms with E-state index in [9.17, 15) is 9.18 Å². The molecule has 1 fully saturated rings. The molecule has 2 N–H and O–H groups in total. The third-order valence-electron chi connectivity index (χ3n) is 3.98. The van der Waals surface area contributed by atoms with Crippen LogP contribution in [0.2, 0.25) is 0 Å². The molecule has 2 atom stereocenters. The van der Waals surface area contributed by atoms with E-state index >= 15 is 0 Å². The van der Waals surface area contributed by atoms with Crippen LogP contribution in [0.4, 0.5) is 10.1 Å². The summed E-state index contributed by atoms with van der Waals surface area (Å²) in [5.74, 6) is 0.786. The highest BCUT2D eigenvalue weighted by molar-refractivity contribution is 6.05. The molecule has 4 rings (SSSR count). The van der Waals surface area contributed by atoms with E-state index in [0.717, 1.165) is 5.56 Å². The maximum absolute atomic E-state index is 13.1. The van der Waals surface area contributed by atoms with Crippen LogP contribution in [0, 0.1) is 5.82 Å². The Morgan fingerprint density at radius 1 is 1.09 bits per heavy atom. The van der Waals surface area contributed by atoms with Crippen LogP contribution in [0.25, 0.3) is 0 Å². The van der Waals surface area contributed by atoms with Gasteiger partial charge >= 0.3 is 0 Å². The molecule has 0 aliphatic carbocycles. The fraction of sp³-hybridized carbons (Fsp3) is 0.188. The highest BCUT2D eigenvalue weighted by Gasteiger charge is 2.47. The first-order valence-corrected chi connectivity index (χ1v) is 6.89. The number of amides is 1. The summed E-state index contributed by atoms with van der Waals surface area (Å²) in [5.41, 5.74) is 7.45. The second kappa shape index (κ2) is 4.71. The first-order chi connectivity index (χ1) is 10.6. The van der Waals surface area contributed by atoms with E-state index in [1.807, 2.05) is 12.1 Å². The van der Waals surface area contributed by atoms with Gasteiger partial charge in [-0.1, -0.05) is 6.07 Å². The normalized spacial score (nSPS) is 22.6. The van der Waals surface area contributed by atoms with Crippen LogP contribution in [0.3, 0.4) is 0 Å². The zero-order valence-electron chi connectivity index (χ0n) is 11.5. The average molecular weight is 300 g/mol. The molecule has 6 heteroatoms. The minimum Gasteiger partial charge on any atom is -0.454 e. The Morgan fingerprint density at radius 3 is 2.59 bits per heavy atom. The topological polar surface area (TPSA) is 64.8 Å². The molecule has 0 spiro atoms. The molecule has 2 aromatic rings. The molecular weight excluding hydrogens is 287 g/mol. The van der Waals surface area contributed by atoms with Crippen molar-refractivity contribution in [3.63, 3.8) is 0 Å². The van der Waals surface area contributed by atoms with Gasteiger partial charge in [0.1, 0.15) is 11.9 Å². The lowest BCUT2D eigenvalue weighted by molar-refractivity contribution is -0.126. The number of β-lactam (4-membered cyclic amide) rings is 1. The fourth-order valence-corrected chi connectivity index (χ4v) is 2.85. The second-order valence-corrected chi connectivity index (χ2v) is 5.27. The monoisotopic (exact) mass is 300 g/mol. The number of hydrogen-bond donors (Lipinski definition) is 1. The summed E-state index contributed by atoms with van der Waals surface area (Å²) in [6.45, 7) is 0.191. The van der Waals surface area contributed by atoms with Crippen LogP contribution in [-0.4, -0.2) is 18.7 Å². The van der Waals surface area contributed by atoms with E-state index in [1.54, 1.807) is 23.1 Å². The second-order valence-electron chi connectivity index (χ2n) is 5.27. The molecule has 0 saturated carbocycles. The van der Waals surface area contributed by atoms with Crippen LogP contribution in [-0.2, 0) is 4.79 Å². The molecule has 2 aliphatic heterocycles. The van der Waals surface area contributed by atoms with Gasteiger partial charge in [-0.3, -0.25) is 4.79 Å². The predicted octanol–water partition coefficient (Wildman–Crippen LogP) is 1.97. The number of carbonyl (C=O) groups excluding carboxylic acids is 1. The lowest BCUT2D eigenvalue weighted by atomic mass is 9.88. The van der Waals surface area contributed by atoms with Crippen molar-refractivity contribution < 1.29 is 18.7 Å². The number of carbonyl (C=O) groups is 1. The van der Waals surface area contributed by atoms with Crippen molar-refractivity contribution in [1.82, 2.24) is 0 Å². The molecular formula is C16H13FN2O3. The van der Waals surface area contributed by atoms with Crippen molar-refractivity contribution >= 4 is 11.6 Å². The Morgan fingerprint density at radius 2 is 1.82 bits per heavy atom. The zero-order chi connectivity index (χ0) is 15.3. The number of anilines is 1. The zero-order valence-corrected chi connectivity index (χ0v) is 11.5. The minimum atomic E-state index is -0.620. The molecule has 0 radical (unpaired) electrons. The molecule has 5 nitrogen and oxygen atoms in total. The van der Waals surface area contributed by atoms with Crippen molar-refractivity contribution in [2.24, 2.45) is 5.73 Å². The third-order valence-corrected chi connectivity index (χ3v) is 3.98. The van der Waals surface area contributed by atoms with Crippen LogP contribution in [0.5, 0.6) is 11.5 Å². The average Bonchev–Trinajstić information content (AvgIpc) is 3.00. The van der Waals surface area contributed by atoms with Gasteiger partial charge in [-0.15, -0.1) is 0 Å². The summed E-state index contributed by atoms with van der Waals surface area (Å²) >= 11 is 0. The van der Waals surface area contributed by atoms with E-state index in [2.05, 4.69) is 0 Å². The van der Waals surface area contributed by atoms with Gasteiger partial charge in [0.2, 0.25) is 12.7 Å². The number of ether oxygens (including phenoxy) is 2. The van der Waals surface area contributed by atoms with Gasteiger partial charge < -0.3 is 20.1 Å². The van der Waals surface area contributed by atoms with Crippen molar-refractivity contribution in [2.75, 3.05) is 11.7 Å². The van der Waals surface area contributed by atoms with E-state index in [4.69, 9.17) is 15.2 Å². The van der Waals surface area contributed by atoms with Gasteiger partial charge in [0.25, 0.3) is 0 Å². The summed E-state index contributed by atoms with van der Waals surface area (Å²) < 4.78 is 23.7. The van der Waals surface area contributed by atoms with E-state index in [-0.39, 0.29) is 24.6 Å². The third kappa shape index (κ3) is 1.84. The predicted molar refractivity (Wildman–Crippen MR) is 77.2 cm³/mol. The lowest BCUT2D eigenvalue weighted by Gasteiger charge is -2.45. The number of fused-ring (bicyclic) bond motifs is 1. The van der Waals surface area contributed by atoms with Crippen molar-refractivity contribution in [1.29, 1.82) is 0 Å². The van der Waals surface area contributed by atoms with Crippen molar-refractivity contribution in [3.8, 4) is 11.5 Å². The van der Waals surface area contributed by atoms with Gasteiger partial charge in [-0.2, -0.15) is 0 Å².